The van der Waals surface area contributed by atoms with E-state index in [-0.39, 0.29) is 48.0 Å². The van der Waals surface area contributed by atoms with E-state index in [9.17, 15) is 19.5 Å². The number of hydrogen-bond donors (Lipinski definition) is 1. The number of ketones is 1. The molecule has 0 unspecified atom stereocenters. The number of pyridine rings is 1. The summed E-state index contributed by atoms with van der Waals surface area (Å²) >= 11 is 5.99. The molecule has 1 aromatic carbocycles. The Bertz CT molecular complexity index is 1000. The molecular formula is C20H22ClN2NaO4. The average Bonchev–Trinajstić information content (AvgIpc) is 2.59. The van der Waals surface area contributed by atoms with Gasteiger partial charge in [0.2, 0.25) is 5.43 Å². The van der Waals surface area contributed by atoms with Gasteiger partial charge in [-0.3, -0.25) is 14.4 Å². The number of amides is 1. The van der Waals surface area contributed by atoms with Gasteiger partial charge >= 0.3 is 29.6 Å². The van der Waals surface area contributed by atoms with Gasteiger partial charge in [0.15, 0.2) is 17.2 Å². The van der Waals surface area contributed by atoms with Gasteiger partial charge in [0.05, 0.1) is 5.56 Å². The largest absolute Gasteiger partial charge is 1.00 e. The zero-order valence-corrected chi connectivity index (χ0v) is 19.2. The Hall–Kier alpha value is -1.60. The summed E-state index contributed by atoms with van der Waals surface area (Å²) in [5, 5.41) is 11.0. The minimum absolute atomic E-state index is 0. The maximum atomic E-state index is 12.8. The number of nitrogens with zero attached hydrogens (tertiary/aromatic N) is 2. The minimum atomic E-state index is -0.806. The molecule has 2 aromatic rings. The maximum Gasteiger partial charge on any atom is 1.00 e. The van der Waals surface area contributed by atoms with Gasteiger partial charge < -0.3 is 16.0 Å². The zero-order valence-electron chi connectivity index (χ0n) is 17.5. The Balaban J connectivity index is 0.00000210. The monoisotopic (exact) mass is 412 g/mol. The molecule has 0 atom stereocenters. The van der Waals surface area contributed by atoms with Crippen LogP contribution in [-0.4, -0.2) is 32.8 Å². The van der Waals surface area contributed by atoms with Crippen LogP contribution in [0.15, 0.2) is 35.3 Å². The fraction of sp³-hybridized carbons (Fsp3) is 0.350. The number of halogens is 1. The second-order valence-electron chi connectivity index (χ2n) is 7.70. The van der Waals surface area contributed by atoms with Crippen LogP contribution in [-0.2, 0) is 13.1 Å². The fourth-order valence-corrected chi connectivity index (χ4v) is 3.32. The van der Waals surface area contributed by atoms with E-state index in [1.165, 1.54) is 10.8 Å². The van der Waals surface area contributed by atoms with Gasteiger partial charge in [-0.25, -0.2) is 0 Å². The van der Waals surface area contributed by atoms with Crippen LogP contribution in [0.2, 0.25) is 5.02 Å². The third kappa shape index (κ3) is 4.35. The van der Waals surface area contributed by atoms with E-state index in [1.807, 2.05) is 6.07 Å². The van der Waals surface area contributed by atoms with E-state index in [1.54, 1.807) is 43.9 Å². The quantitative estimate of drug-likeness (QED) is 0.577. The van der Waals surface area contributed by atoms with Crippen molar-refractivity contribution in [3.63, 3.8) is 0 Å². The summed E-state index contributed by atoms with van der Waals surface area (Å²) in [6.07, 6.45) is 1.39. The van der Waals surface area contributed by atoms with Crippen molar-refractivity contribution in [2.24, 2.45) is 5.41 Å². The Morgan fingerprint density at radius 3 is 2.54 bits per heavy atom. The van der Waals surface area contributed by atoms with Crippen LogP contribution in [0, 0.1) is 5.41 Å². The number of Topliss-reactive ketones (excluding diaryl/α,β-unsaturated/α-hetero) is 1. The van der Waals surface area contributed by atoms with E-state index in [0.29, 0.717) is 24.7 Å². The molecular weight excluding hydrogens is 391 g/mol. The summed E-state index contributed by atoms with van der Waals surface area (Å²) in [4.78, 5) is 39.4. The molecule has 0 bridgehead atoms. The van der Waals surface area contributed by atoms with E-state index in [0.717, 1.165) is 5.56 Å². The first-order chi connectivity index (χ1) is 12.6. The van der Waals surface area contributed by atoms with Crippen molar-refractivity contribution in [2.45, 2.75) is 33.9 Å². The van der Waals surface area contributed by atoms with Crippen molar-refractivity contribution in [1.82, 2.24) is 9.47 Å². The average molecular weight is 413 g/mol. The molecule has 1 aliphatic heterocycles. The van der Waals surface area contributed by atoms with Crippen LogP contribution >= 0.6 is 11.6 Å². The zero-order chi connectivity index (χ0) is 19.9. The fourth-order valence-electron chi connectivity index (χ4n) is 3.10. The third-order valence-electron chi connectivity index (χ3n) is 4.55. The number of aromatic hydroxyl groups is 1. The van der Waals surface area contributed by atoms with Gasteiger partial charge in [0.1, 0.15) is 0 Å². The van der Waals surface area contributed by atoms with Crippen LogP contribution in [0.25, 0.3) is 0 Å². The molecule has 8 heteroatoms. The number of carbonyl (C=O) groups excluding carboxylic acids is 2. The summed E-state index contributed by atoms with van der Waals surface area (Å²) in [7, 11) is 0. The first-order valence-electron chi connectivity index (χ1n) is 8.64. The number of fused-ring (bicyclic) bond motifs is 1. The number of aromatic nitrogens is 1. The second kappa shape index (κ2) is 8.41. The molecule has 0 spiro atoms. The Morgan fingerprint density at radius 2 is 1.93 bits per heavy atom. The second-order valence-corrected chi connectivity index (χ2v) is 8.13. The smallest absolute Gasteiger partial charge is 1.00 e. The molecule has 144 valence electrons. The molecule has 2 heterocycles. The van der Waals surface area contributed by atoms with E-state index in [4.69, 9.17) is 11.6 Å². The molecule has 0 saturated carbocycles. The van der Waals surface area contributed by atoms with Gasteiger partial charge in [-0.2, -0.15) is 0 Å². The molecule has 1 amide bonds. The summed E-state index contributed by atoms with van der Waals surface area (Å²) in [6, 6.07) is 7.16. The van der Waals surface area contributed by atoms with Crippen molar-refractivity contribution in [2.75, 3.05) is 6.54 Å². The van der Waals surface area contributed by atoms with Gasteiger partial charge in [-0.1, -0.05) is 44.5 Å². The summed E-state index contributed by atoms with van der Waals surface area (Å²) in [6.45, 7) is 6.19. The SMILES string of the molecule is CC(C)(C)C(=O)c1cn2c(c(O)c1=O)C(=O)N(Cc1cccc(Cl)c1)CC2.[H-].[Na+]. The van der Waals surface area contributed by atoms with Crippen LogP contribution in [0.3, 0.4) is 0 Å². The molecule has 1 aromatic heterocycles. The number of rotatable bonds is 3. The normalized spacial score (nSPS) is 13.7. The Kier molecular flexibility index (Phi) is 6.82. The van der Waals surface area contributed by atoms with Crippen molar-refractivity contribution >= 4 is 23.3 Å². The Labute approximate surface area is 191 Å². The first kappa shape index (κ1) is 22.7. The van der Waals surface area contributed by atoms with Crippen molar-refractivity contribution < 1.29 is 45.7 Å². The topological polar surface area (TPSA) is 79.6 Å². The molecule has 0 saturated heterocycles. The van der Waals surface area contributed by atoms with Crippen LogP contribution in [0.5, 0.6) is 5.75 Å². The predicted octanol–water partition coefficient (Wildman–Crippen LogP) is 0.209. The first-order valence-corrected chi connectivity index (χ1v) is 9.02. The standard InChI is InChI=1S/C20H21ClN2O4.Na.H/c1-20(2,3)18(26)14-11-22-7-8-23(10-12-5-4-6-13(21)9-12)19(27)15(22)17(25)16(14)24;;/h4-6,9,11,25H,7-8,10H2,1-3H3;;/q;+1;-1. The predicted molar refractivity (Wildman–Crippen MR) is 103 cm³/mol. The molecule has 3 rings (SSSR count). The summed E-state index contributed by atoms with van der Waals surface area (Å²) in [5.74, 6) is -1.50. The van der Waals surface area contributed by atoms with E-state index < -0.39 is 22.5 Å². The van der Waals surface area contributed by atoms with E-state index in [2.05, 4.69) is 0 Å². The summed E-state index contributed by atoms with van der Waals surface area (Å²) < 4.78 is 1.49. The van der Waals surface area contributed by atoms with Gasteiger partial charge in [-0.15, -0.1) is 0 Å². The minimum Gasteiger partial charge on any atom is -1.00 e. The summed E-state index contributed by atoms with van der Waals surface area (Å²) in [5.41, 5.74) is -0.902. The van der Waals surface area contributed by atoms with Crippen molar-refractivity contribution in [3.8, 4) is 5.75 Å². The van der Waals surface area contributed by atoms with Crippen LogP contribution in [0.4, 0.5) is 0 Å². The number of benzene rings is 1. The molecule has 0 fully saturated rings. The van der Waals surface area contributed by atoms with Crippen LogP contribution in [0.1, 0.15) is 48.6 Å². The maximum absolute atomic E-state index is 12.8. The van der Waals surface area contributed by atoms with Crippen LogP contribution < -0.4 is 35.0 Å². The number of hydrogen-bond acceptors (Lipinski definition) is 4. The molecule has 0 aliphatic carbocycles. The van der Waals surface area contributed by atoms with E-state index >= 15 is 0 Å². The number of carbonyl (C=O) groups is 2. The molecule has 1 N–H and O–H groups in total. The molecule has 0 radical (unpaired) electrons. The Morgan fingerprint density at radius 1 is 1.25 bits per heavy atom. The van der Waals surface area contributed by atoms with Crippen molar-refractivity contribution in [1.29, 1.82) is 0 Å². The van der Waals surface area contributed by atoms with Gasteiger partial charge in [0, 0.05) is 36.3 Å². The third-order valence-corrected chi connectivity index (χ3v) is 4.78. The van der Waals surface area contributed by atoms with Gasteiger partial charge in [0.25, 0.3) is 5.91 Å². The molecule has 28 heavy (non-hydrogen) atoms. The van der Waals surface area contributed by atoms with Gasteiger partial charge in [-0.05, 0) is 17.7 Å². The molecule has 1 aliphatic rings. The van der Waals surface area contributed by atoms with Crippen molar-refractivity contribution in [3.05, 3.63) is 62.5 Å². The molecule has 6 nitrogen and oxygen atoms in total.